The largest absolute Gasteiger partial charge is 0.467 e. The van der Waals surface area contributed by atoms with E-state index in [-0.39, 0.29) is 5.29 Å². The number of carbonyl (C=O) groups excluding carboxylic acids is 3. The molecule has 0 fully saturated rings. The second kappa shape index (κ2) is 12.9. The lowest BCUT2D eigenvalue weighted by Gasteiger charge is -2.38. The second-order valence-corrected chi connectivity index (χ2v) is 13.2. The Morgan fingerprint density at radius 2 is 1.07 bits per heavy atom. The Hall–Kier alpha value is -4.93. The van der Waals surface area contributed by atoms with Crippen molar-refractivity contribution in [1.29, 1.82) is 0 Å². The summed E-state index contributed by atoms with van der Waals surface area (Å²) in [6.45, 7) is -1.80. The van der Waals surface area contributed by atoms with Crippen molar-refractivity contribution >= 4 is 62.4 Å². The first kappa shape index (κ1) is 29.6. The highest BCUT2D eigenvalue weighted by atomic mass is 31.2. The molecular weight excluding hydrogens is 557 g/mol. The predicted octanol–water partition coefficient (Wildman–Crippen LogP) is 5.07. The maximum Gasteiger partial charge on any atom is 0.337 e. The molecule has 5 aromatic carbocycles. The van der Waals surface area contributed by atoms with Crippen molar-refractivity contribution in [3.8, 4) is 0 Å². The average Bonchev–Trinajstić information content (AvgIpc) is 3.06. The van der Waals surface area contributed by atoms with Crippen LogP contribution in [-0.4, -0.2) is 43.4 Å². The van der Waals surface area contributed by atoms with Gasteiger partial charge in [-0.15, -0.1) is 0 Å². The van der Waals surface area contributed by atoms with E-state index in [0.29, 0.717) is 5.69 Å². The molecule has 5 rings (SSSR count). The van der Waals surface area contributed by atoms with Crippen LogP contribution in [0.2, 0.25) is 0 Å². The van der Waals surface area contributed by atoms with Crippen LogP contribution in [0.1, 0.15) is 6.92 Å². The molecule has 0 aliphatic carbocycles. The highest BCUT2D eigenvalue weighted by molar-refractivity contribution is 7.96. The third kappa shape index (κ3) is 5.38. The lowest BCUT2D eigenvalue weighted by atomic mass is 10.0. The molecule has 0 aliphatic heterocycles. The summed E-state index contributed by atoms with van der Waals surface area (Å²) in [6, 6.07) is 40.6. The molecule has 0 saturated heterocycles. The summed E-state index contributed by atoms with van der Waals surface area (Å²) in [6.07, 6.45) is 0. The van der Waals surface area contributed by atoms with Crippen LogP contribution in [0.25, 0.3) is 10.8 Å². The van der Waals surface area contributed by atoms with E-state index in [9.17, 15) is 14.4 Å². The third-order valence-corrected chi connectivity index (χ3v) is 11.9. The molecule has 1 unspecified atom stereocenters. The van der Waals surface area contributed by atoms with Gasteiger partial charge in [0.2, 0.25) is 5.91 Å². The number of amides is 1. The van der Waals surface area contributed by atoms with Crippen LogP contribution in [0.5, 0.6) is 0 Å². The van der Waals surface area contributed by atoms with Gasteiger partial charge in [0.1, 0.15) is 0 Å². The SMILES string of the molecule is COC(=O)C(C(C(=O)OC)N(C(C)=O)c1cccc2ccccc12)=P(c1ccccc1)(c1ccccc1)c1ccccc1. The summed E-state index contributed by atoms with van der Waals surface area (Å²) in [5.41, 5.74) is 0.481. The topological polar surface area (TPSA) is 72.9 Å². The molecule has 6 nitrogen and oxygen atoms in total. The molecule has 1 amide bonds. The predicted molar refractivity (Wildman–Crippen MR) is 175 cm³/mol. The van der Waals surface area contributed by atoms with Gasteiger partial charge in [-0.3, -0.25) is 9.69 Å². The summed E-state index contributed by atoms with van der Waals surface area (Å²) >= 11 is 0. The zero-order valence-electron chi connectivity index (χ0n) is 24.2. The molecule has 0 heterocycles. The molecule has 0 N–H and O–H groups in total. The molecule has 0 aliphatic rings. The first-order valence-electron chi connectivity index (χ1n) is 13.8. The lowest BCUT2D eigenvalue weighted by molar-refractivity contribution is -0.142. The summed E-state index contributed by atoms with van der Waals surface area (Å²) in [5, 5.41) is 4.23. The average molecular weight is 590 g/mol. The summed E-state index contributed by atoms with van der Waals surface area (Å²) < 4.78 is 10.9. The molecule has 216 valence electrons. The fourth-order valence-corrected chi connectivity index (χ4v) is 10.3. The van der Waals surface area contributed by atoms with Crippen LogP contribution >= 0.6 is 6.89 Å². The van der Waals surface area contributed by atoms with E-state index in [4.69, 9.17) is 9.47 Å². The van der Waals surface area contributed by atoms with Gasteiger partial charge < -0.3 is 9.47 Å². The number of anilines is 1. The Morgan fingerprint density at radius 1 is 0.605 bits per heavy atom. The Kier molecular flexibility index (Phi) is 8.89. The number of hydrogen-bond donors (Lipinski definition) is 0. The zero-order chi connectivity index (χ0) is 30.4. The molecule has 0 radical (unpaired) electrons. The maximum absolute atomic E-state index is 14.4. The number of fused-ring (bicyclic) bond motifs is 1. The number of hydrogen-bond acceptors (Lipinski definition) is 5. The minimum atomic E-state index is -3.19. The van der Waals surface area contributed by atoms with Crippen LogP contribution in [0.15, 0.2) is 133 Å². The van der Waals surface area contributed by atoms with Crippen molar-refractivity contribution in [2.45, 2.75) is 13.0 Å². The molecule has 0 aromatic heterocycles. The van der Waals surface area contributed by atoms with Gasteiger partial charge in [0, 0.05) is 12.3 Å². The van der Waals surface area contributed by atoms with Crippen molar-refractivity contribution in [2.24, 2.45) is 0 Å². The van der Waals surface area contributed by atoms with Gasteiger partial charge in [0.25, 0.3) is 0 Å². The molecule has 43 heavy (non-hydrogen) atoms. The van der Waals surface area contributed by atoms with Gasteiger partial charge >= 0.3 is 11.9 Å². The van der Waals surface area contributed by atoms with E-state index in [2.05, 4.69) is 0 Å². The number of esters is 2. The number of benzene rings is 5. The number of nitrogens with zero attached hydrogens (tertiary/aromatic N) is 1. The van der Waals surface area contributed by atoms with Crippen LogP contribution in [0, 0.1) is 0 Å². The highest BCUT2D eigenvalue weighted by Gasteiger charge is 2.45. The van der Waals surface area contributed by atoms with Crippen molar-refractivity contribution in [2.75, 3.05) is 19.1 Å². The fourth-order valence-electron chi connectivity index (χ4n) is 5.72. The van der Waals surface area contributed by atoms with Gasteiger partial charge in [0.15, 0.2) is 6.04 Å². The van der Waals surface area contributed by atoms with Crippen LogP contribution in [-0.2, 0) is 23.9 Å². The fraction of sp³-hybridized carbons (Fsp3) is 0.111. The first-order chi connectivity index (χ1) is 20.9. The molecule has 1 atom stereocenters. The molecule has 0 spiro atoms. The number of methoxy groups -OCH3 is 2. The van der Waals surface area contributed by atoms with E-state index in [1.807, 2.05) is 127 Å². The van der Waals surface area contributed by atoms with Crippen molar-refractivity contribution < 1.29 is 23.9 Å². The van der Waals surface area contributed by atoms with Crippen molar-refractivity contribution in [3.05, 3.63) is 133 Å². The molecule has 5 aromatic rings. The van der Waals surface area contributed by atoms with E-state index in [1.54, 1.807) is 6.07 Å². The minimum Gasteiger partial charge on any atom is -0.467 e. The van der Waals surface area contributed by atoms with Gasteiger partial charge in [-0.05, 0) is 34.3 Å². The Bertz CT molecular complexity index is 1710. The Balaban J connectivity index is 2.06. The standard InChI is InChI=1S/C36H32NO5P/c1-26(38)37(32-25-15-17-27-16-13-14-24-31(27)32)33(35(39)41-2)34(36(40)42-3)43(28-18-7-4-8-19-28,29-20-9-5-10-21-29)30-22-11-6-12-23-30/h4-25,33H,1-3H3. The number of carbonyl (C=O) groups is 3. The van der Waals surface area contributed by atoms with Gasteiger partial charge in [0.05, 0.1) is 25.2 Å². The first-order valence-corrected chi connectivity index (χ1v) is 15.6. The Labute approximate surface area is 251 Å². The molecule has 7 heteroatoms. The minimum absolute atomic E-state index is 0.133. The van der Waals surface area contributed by atoms with Gasteiger partial charge in [-0.25, -0.2) is 9.59 Å². The van der Waals surface area contributed by atoms with Gasteiger partial charge in [-0.2, -0.15) is 0 Å². The second-order valence-electron chi connectivity index (χ2n) is 9.87. The normalized spacial score (nSPS) is 11.8. The van der Waals surface area contributed by atoms with E-state index < -0.39 is 30.8 Å². The zero-order valence-corrected chi connectivity index (χ0v) is 25.1. The molecular formula is C36H32NO5P. The summed E-state index contributed by atoms with van der Waals surface area (Å²) in [4.78, 5) is 43.7. The van der Waals surface area contributed by atoms with E-state index in [0.717, 1.165) is 26.7 Å². The summed E-state index contributed by atoms with van der Waals surface area (Å²) in [7, 11) is 2.56. The quantitative estimate of drug-likeness (QED) is 0.187. The van der Waals surface area contributed by atoms with E-state index >= 15 is 0 Å². The lowest BCUT2D eigenvalue weighted by Crippen LogP contribution is -2.55. The maximum atomic E-state index is 14.4. The Morgan fingerprint density at radius 3 is 1.53 bits per heavy atom. The van der Waals surface area contributed by atoms with Crippen LogP contribution in [0.4, 0.5) is 5.69 Å². The van der Waals surface area contributed by atoms with Gasteiger partial charge in [-0.1, -0.05) is 127 Å². The van der Waals surface area contributed by atoms with E-state index in [1.165, 1.54) is 26.0 Å². The molecule has 0 bridgehead atoms. The number of rotatable bonds is 8. The smallest absolute Gasteiger partial charge is 0.337 e. The summed E-state index contributed by atoms with van der Waals surface area (Å²) in [5.74, 6) is -1.89. The van der Waals surface area contributed by atoms with Crippen LogP contribution < -0.4 is 20.8 Å². The van der Waals surface area contributed by atoms with Crippen molar-refractivity contribution in [3.63, 3.8) is 0 Å². The molecule has 0 saturated carbocycles. The van der Waals surface area contributed by atoms with Crippen LogP contribution in [0.3, 0.4) is 0 Å². The highest BCUT2D eigenvalue weighted by Crippen LogP contribution is 2.48. The monoisotopic (exact) mass is 589 g/mol. The number of ether oxygens (including phenoxy) is 2. The van der Waals surface area contributed by atoms with Crippen molar-refractivity contribution in [1.82, 2.24) is 0 Å². The third-order valence-electron chi connectivity index (χ3n) is 7.49.